The molecular formula is C23H32N2O4S3. The molecule has 0 saturated carbocycles. The molecule has 6 nitrogen and oxygen atoms in total. The molecule has 1 N–H and O–H groups in total. The maximum absolute atomic E-state index is 13.6. The number of hydrogen-bond acceptors (Lipinski definition) is 6. The zero-order chi connectivity index (χ0) is 23.8. The van der Waals surface area contributed by atoms with Crippen LogP contribution in [0.1, 0.15) is 27.7 Å². The van der Waals surface area contributed by atoms with E-state index in [1.54, 1.807) is 60.3 Å². The smallest absolute Gasteiger partial charge is 0.264 e. The van der Waals surface area contributed by atoms with Crippen molar-refractivity contribution in [1.82, 2.24) is 5.32 Å². The molecular weight excluding hydrogens is 464 g/mol. The molecule has 0 unspecified atom stereocenters. The lowest BCUT2D eigenvalue weighted by molar-refractivity contribution is -0.119. The number of para-hydroxylation sites is 2. The summed E-state index contributed by atoms with van der Waals surface area (Å²) in [5, 5.41) is 2.84. The Morgan fingerprint density at radius 1 is 1.09 bits per heavy atom. The Labute approximate surface area is 200 Å². The van der Waals surface area contributed by atoms with Gasteiger partial charge in [0.2, 0.25) is 5.91 Å². The summed E-state index contributed by atoms with van der Waals surface area (Å²) < 4.78 is 34.0. The van der Waals surface area contributed by atoms with Crippen LogP contribution in [-0.2, 0) is 14.8 Å². The summed E-state index contributed by atoms with van der Waals surface area (Å²) in [6, 6.07) is 13.5. The summed E-state index contributed by atoms with van der Waals surface area (Å²) in [5.41, 5.74) is 0.336. The zero-order valence-corrected chi connectivity index (χ0v) is 21.7. The molecule has 1 amide bonds. The largest absolute Gasteiger partial charge is 0.492 e. The van der Waals surface area contributed by atoms with Gasteiger partial charge in [-0.2, -0.15) is 11.8 Å². The minimum atomic E-state index is -3.99. The normalized spacial score (nSPS) is 11.8. The third kappa shape index (κ3) is 7.64. The number of sulfonamides is 1. The summed E-state index contributed by atoms with van der Waals surface area (Å²) >= 11 is 3.27. The molecule has 0 aliphatic heterocycles. The average Bonchev–Trinajstić information content (AvgIpc) is 2.75. The number of nitrogens with zero attached hydrogens (tertiary/aromatic N) is 1. The van der Waals surface area contributed by atoms with Crippen molar-refractivity contribution in [2.75, 3.05) is 36.0 Å². The molecule has 176 valence electrons. The van der Waals surface area contributed by atoms with Gasteiger partial charge in [0, 0.05) is 21.9 Å². The van der Waals surface area contributed by atoms with E-state index < -0.39 is 10.0 Å². The Balaban J connectivity index is 2.32. The number of hydrogen-bond donors (Lipinski definition) is 1. The minimum Gasteiger partial charge on any atom is -0.492 e. The Kier molecular flexibility index (Phi) is 9.79. The fourth-order valence-corrected chi connectivity index (χ4v) is 5.51. The van der Waals surface area contributed by atoms with Crippen LogP contribution < -0.4 is 14.4 Å². The third-order valence-electron chi connectivity index (χ3n) is 4.33. The van der Waals surface area contributed by atoms with Gasteiger partial charge in [-0.25, -0.2) is 8.42 Å². The van der Waals surface area contributed by atoms with Crippen molar-refractivity contribution in [1.29, 1.82) is 0 Å². The van der Waals surface area contributed by atoms with Crippen molar-refractivity contribution < 1.29 is 17.9 Å². The van der Waals surface area contributed by atoms with Gasteiger partial charge >= 0.3 is 0 Å². The highest BCUT2D eigenvalue weighted by atomic mass is 32.2. The molecule has 2 aromatic carbocycles. The predicted octanol–water partition coefficient (Wildman–Crippen LogP) is 4.65. The average molecular weight is 497 g/mol. The van der Waals surface area contributed by atoms with Gasteiger partial charge in [0.15, 0.2) is 0 Å². The van der Waals surface area contributed by atoms with E-state index in [1.807, 2.05) is 13.2 Å². The second-order valence-corrected chi connectivity index (χ2v) is 12.6. The number of anilines is 1. The first kappa shape index (κ1) is 26.4. The second kappa shape index (κ2) is 11.9. The number of amides is 1. The Bertz CT molecular complexity index is 987. The molecule has 0 heterocycles. The SMILES string of the molecule is CCOc1ccccc1N(CC(=O)NCCSC(C)(C)C)S(=O)(=O)c1ccc(SC)cc1. The van der Waals surface area contributed by atoms with Crippen LogP contribution in [0.2, 0.25) is 0 Å². The summed E-state index contributed by atoms with van der Waals surface area (Å²) in [5.74, 6) is 0.790. The van der Waals surface area contributed by atoms with E-state index >= 15 is 0 Å². The lowest BCUT2D eigenvalue weighted by atomic mass is 10.3. The van der Waals surface area contributed by atoms with Crippen molar-refractivity contribution in [2.45, 2.75) is 42.2 Å². The Morgan fingerprint density at radius 3 is 2.34 bits per heavy atom. The lowest BCUT2D eigenvalue weighted by Crippen LogP contribution is -2.41. The molecule has 0 spiro atoms. The first-order chi connectivity index (χ1) is 15.1. The molecule has 2 aromatic rings. The van der Waals surface area contributed by atoms with Crippen LogP contribution in [0, 0.1) is 0 Å². The van der Waals surface area contributed by atoms with E-state index in [2.05, 4.69) is 26.1 Å². The van der Waals surface area contributed by atoms with E-state index in [9.17, 15) is 13.2 Å². The second-order valence-electron chi connectivity index (χ2n) is 7.90. The van der Waals surface area contributed by atoms with Crippen LogP contribution >= 0.6 is 23.5 Å². The minimum absolute atomic E-state index is 0.0967. The number of thioether (sulfide) groups is 2. The maximum atomic E-state index is 13.6. The van der Waals surface area contributed by atoms with Crippen LogP contribution in [0.15, 0.2) is 58.3 Å². The van der Waals surface area contributed by atoms with E-state index in [0.717, 1.165) is 15.0 Å². The van der Waals surface area contributed by atoms with E-state index in [1.165, 1.54) is 11.8 Å². The first-order valence-corrected chi connectivity index (χ1v) is 14.0. The molecule has 0 atom stereocenters. The quantitative estimate of drug-likeness (QED) is 0.361. The summed E-state index contributed by atoms with van der Waals surface area (Å²) in [7, 11) is -3.99. The highest BCUT2D eigenvalue weighted by Gasteiger charge is 2.29. The first-order valence-electron chi connectivity index (χ1n) is 10.4. The van der Waals surface area contributed by atoms with E-state index in [4.69, 9.17) is 4.74 Å². The molecule has 32 heavy (non-hydrogen) atoms. The van der Waals surface area contributed by atoms with Gasteiger partial charge in [0.1, 0.15) is 12.3 Å². The molecule has 2 rings (SSSR count). The molecule has 0 fully saturated rings. The molecule has 0 bridgehead atoms. The monoisotopic (exact) mass is 496 g/mol. The molecule has 0 saturated heterocycles. The summed E-state index contributed by atoms with van der Waals surface area (Å²) in [6.07, 6.45) is 1.93. The summed E-state index contributed by atoms with van der Waals surface area (Å²) in [6.45, 7) is 8.67. The van der Waals surface area contributed by atoms with Crippen molar-refractivity contribution in [3.63, 3.8) is 0 Å². The van der Waals surface area contributed by atoms with Gasteiger partial charge in [0.05, 0.1) is 17.2 Å². The van der Waals surface area contributed by atoms with E-state index in [-0.39, 0.29) is 22.1 Å². The Morgan fingerprint density at radius 2 is 1.75 bits per heavy atom. The van der Waals surface area contributed by atoms with Gasteiger partial charge in [0.25, 0.3) is 10.0 Å². The van der Waals surface area contributed by atoms with Gasteiger partial charge in [-0.05, 0) is 49.6 Å². The van der Waals surface area contributed by atoms with Gasteiger partial charge in [-0.1, -0.05) is 32.9 Å². The number of ether oxygens (including phenoxy) is 1. The number of nitrogens with one attached hydrogen (secondary N) is 1. The van der Waals surface area contributed by atoms with Crippen LogP contribution in [0.4, 0.5) is 5.69 Å². The van der Waals surface area contributed by atoms with Gasteiger partial charge in [-0.15, -0.1) is 11.8 Å². The highest BCUT2D eigenvalue weighted by molar-refractivity contribution is 8.00. The molecule has 0 aromatic heterocycles. The van der Waals surface area contributed by atoms with Crippen LogP contribution in [-0.4, -0.2) is 50.8 Å². The summed E-state index contributed by atoms with van der Waals surface area (Å²) in [4.78, 5) is 13.8. The number of rotatable bonds is 11. The lowest BCUT2D eigenvalue weighted by Gasteiger charge is -2.26. The van der Waals surface area contributed by atoms with E-state index in [0.29, 0.717) is 24.6 Å². The van der Waals surface area contributed by atoms with Crippen LogP contribution in [0.5, 0.6) is 5.75 Å². The fraction of sp³-hybridized carbons (Fsp3) is 0.435. The number of carbonyl (C=O) groups is 1. The van der Waals surface area contributed by atoms with Gasteiger partial charge in [-0.3, -0.25) is 9.10 Å². The topological polar surface area (TPSA) is 75.7 Å². The molecule has 9 heteroatoms. The van der Waals surface area contributed by atoms with Crippen LogP contribution in [0.25, 0.3) is 0 Å². The van der Waals surface area contributed by atoms with Crippen molar-refractivity contribution >= 4 is 45.1 Å². The number of carbonyl (C=O) groups excluding carboxylic acids is 1. The van der Waals surface area contributed by atoms with Crippen molar-refractivity contribution in [2.24, 2.45) is 0 Å². The third-order valence-corrected chi connectivity index (χ3v) is 8.12. The zero-order valence-electron chi connectivity index (χ0n) is 19.3. The van der Waals surface area contributed by atoms with Crippen molar-refractivity contribution in [3.8, 4) is 5.75 Å². The Hall–Kier alpha value is -1.84. The van der Waals surface area contributed by atoms with Gasteiger partial charge < -0.3 is 10.1 Å². The van der Waals surface area contributed by atoms with Crippen molar-refractivity contribution in [3.05, 3.63) is 48.5 Å². The molecule has 0 aliphatic carbocycles. The number of benzene rings is 2. The fourth-order valence-electron chi connectivity index (χ4n) is 2.85. The highest BCUT2D eigenvalue weighted by Crippen LogP contribution is 2.33. The standard InChI is InChI=1S/C23H32N2O4S3/c1-6-29-21-10-8-7-9-20(21)25(17-22(26)24-15-16-31-23(2,3)4)32(27,28)19-13-11-18(30-5)12-14-19/h7-14H,6,15-17H2,1-5H3,(H,24,26). The predicted molar refractivity (Wildman–Crippen MR) is 136 cm³/mol. The maximum Gasteiger partial charge on any atom is 0.264 e. The molecule has 0 aliphatic rings. The van der Waals surface area contributed by atoms with Crippen LogP contribution in [0.3, 0.4) is 0 Å². The molecule has 0 radical (unpaired) electrons.